The van der Waals surface area contributed by atoms with E-state index < -0.39 is 0 Å². The number of hydrogen-bond donors (Lipinski definition) is 1. The normalized spacial score (nSPS) is 22.2. The molecule has 0 aromatic carbocycles. The zero-order chi connectivity index (χ0) is 9.03. The Morgan fingerprint density at radius 2 is 2.00 bits per heavy atom. The van der Waals surface area contributed by atoms with Crippen LogP contribution in [0.4, 0.5) is 0 Å². The van der Waals surface area contributed by atoms with E-state index in [0.29, 0.717) is 5.41 Å². The average Bonchev–Trinajstić information content (AvgIpc) is 2.85. The summed E-state index contributed by atoms with van der Waals surface area (Å²) in [7, 11) is 0. The second-order valence-corrected chi connectivity index (χ2v) is 4.57. The highest BCUT2D eigenvalue weighted by atomic mass is 15.0. The van der Waals surface area contributed by atoms with Crippen LogP contribution in [0.25, 0.3) is 0 Å². The second-order valence-electron chi connectivity index (χ2n) is 4.57. The first-order valence-electron chi connectivity index (χ1n) is 5.43. The van der Waals surface area contributed by atoms with Gasteiger partial charge >= 0.3 is 0 Å². The molecule has 0 aromatic rings. The lowest BCUT2D eigenvalue weighted by Gasteiger charge is -2.28. The molecular weight excluding hydrogens is 146 g/mol. The van der Waals surface area contributed by atoms with Crippen molar-refractivity contribution in [2.45, 2.75) is 58.9 Å². The molecule has 0 aromatic heterocycles. The molecule has 1 heteroatoms. The topological polar surface area (TPSA) is 12.0 Å². The third-order valence-corrected chi connectivity index (χ3v) is 3.10. The van der Waals surface area contributed by atoms with Crippen molar-refractivity contribution in [3.8, 4) is 0 Å². The Labute approximate surface area is 76.9 Å². The van der Waals surface area contributed by atoms with E-state index in [1.54, 1.807) is 0 Å². The summed E-state index contributed by atoms with van der Waals surface area (Å²) in [6.45, 7) is 8.23. The highest BCUT2D eigenvalue weighted by Crippen LogP contribution is 2.28. The van der Waals surface area contributed by atoms with E-state index in [1.165, 1.54) is 38.6 Å². The minimum absolute atomic E-state index is 0.553. The molecule has 1 aliphatic rings. The zero-order valence-electron chi connectivity index (χ0n) is 8.82. The van der Waals surface area contributed by atoms with Crippen LogP contribution >= 0.6 is 0 Å². The minimum Gasteiger partial charge on any atom is -0.313 e. The highest BCUT2D eigenvalue weighted by molar-refractivity contribution is 4.84. The average molecular weight is 169 g/mol. The van der Waals surface area contributed by atoms with E-state index in [2.05, 4.69) is 26.1 Å². The van der Waals surface area contributed by atoms with Crippen molar-refractivity contribution in [1.82, 2.24) is 5.32 Å². The Bertz CT molecular complexity index is 129. The maximum Gasteiger partial charge on any atom is 0.00684 e. The molecule has 1 nitrogen and oxygen atoms in total. The summed E-state index contributed by atoms with van der Waals surface area (Å²) in [5.74, 6) is 0. The molecule has 1 atom stereocenters. The number of rotatable bonds is 6. The fourth-order valence-corrected chi connectivity index (χ4v) is 1.67. The van der Waals surface area contributed by atoms with E-state index >= 15 is 0 Å². The van der Waals surface area contributed by atoms with E-state index in [0.717, 1.165) is 6.04 Å². The van der Waals surface area contributed by atoms with Gasteiger partial charge in [0.1, 0.15) is 0 Å². The predicted octanol–water partition coefficient (Wildman–Crippen LogP) is 2.95. The van der Waals surface area contributed by atoms with Crippen LogP contribution in [-0.4, -0.2) is 12.6 Å². The van der Waals surface area contributed by atoms with E-state index in [1.807, 2.05) is 0 Å². The fourth-order valence-electron chi connectivity index (χ4n) is 1.67. The SMILES string of the molecule is CCCC(C)(CC)CNC1CC1. The monoisotopic (exact) mass is 169 g/mol. The molecule has 0 aliphatic heterocycles. The predicted molar refractivity (Wildman–Crippen MR) is 54.3 cm³/mol. The fraction of sp³-hybridized carbons (Fsp3) is 1.00. The Balaban J connectivity index is 2.20. The van der Waals surface area contributed by atoms with Crippen LogP contribution in [-0.2, 0) is 0 Å². The first-order valence-corrected chi connectivity index (χ1v) is 5.43. The van der Waals surface area contributed by atoms with Gasteiger partial charge in [-0.15, -0.1) is 0 Å². The van der Waals surface area contributed by atoms with Crippen LogP contribution in [0.15, 0.2) is 0 Å². The quantitative estimate of drug-likeness (QED) is 0.644. The first-order chi connectivity index (χ1) is 5.70. The van der Waals surface area contributed by atoms with Gasteiger partial charge in [0.2, 0.25) is 0 Å². The molecule has 0 heterocycles. The van der Waals surface area contributed by atoms with Gasteiger partial charge < -0.3 is 5.32 Å². The van der Waals surface area contributed by atoms with Gasteiger partial charge in [-0.05, 0) is 31.1 Å². The minimum atomic E-state index is 0.553. The smallest absolute Gasteiger partial charge is 0.00684 e. The molecule has 12 heavy (non-hydrogen) atoms. The van der Waals surface area contributed by atoms with Crippen LogP contribution in [0, 0.1) is 5.41 Å². The largest absolute Gasteiger partial charge is 0.313 e. The van der Waals surface area contributed by atoms with Crippen molar-refractivity contribution in [2.24, 2.45) is 5.41 Å². The summed E-state index contributed by atoms with van der Waals surface area (Å²) in [5, 5.41) is 3.63. The van der Waals surface area contributed by atoms with Crippen molar-refractivity contribution in [1.29, 1.82) is 0 Å². The van der Waals surface area contributed by atoms with E-state index in [-0.39, 0.29) is 0 Å². The first kappa shape index (κ1) is 10.0. The third kappa shape index (κ3) is 3.14. The van der Waals surface area contributed by atoms with E-state index in [9.17, 15) is 0 Å². The lowest BCUT2D eigenvalue weighted by molar-refractivity contribution is 0.266. The van der Waals surface area contributed by atoms with Gasteiger partial charge in [0.15, 0.2) is 0 Å². The highest BCUT2D eigenvalue weighted by Gasteiger charge is 2.26. The molecule has 0 amide bonds. The summed E-state index contributed by atoms with van der Waals surface area (Å²) in [4.78, 5) is 0. The molecule has 1 fully saturated rings. The Morgan fingerprint density at radius 3 is 2.42 bits per heavy atom. The third-order valence-electron chi connectivity index (χ3n) is 3.10. The van der Waals surface area contributed by atoms with Gasteiger partial charge in [-0.25, -0.2) is 0 Å². The molecule has 1 N–H and O–H groups in total. The van der Waals surface area contributed by atoms with Gasteiger partial charge in [0.25, 0.3) is 0 Å². The Kier molecular flexibility index (Phi) is 3.57. The van der Waals surface area contributed by atoms with Gasteiger partial charge in [-0.3, -0.25) is 0 Å². The Hall–Kier alpha value is -0.0400. The van der Waals surface area contributed by atoms with Crippen LogP contribution in [0.2, 0.25) is 0 Å². The van der Waals surface area contributed by atoms with Crippen molar-refractivity contribution in [2.75, 3.05) is 6.54 Å². The van der Waals surface area contributed by atoms with Crippen LogP contribution in [0.1, 0.15) is 52.9 Å². The lowest BCUT2D eigenvalue weighted by atomic mass is 9.83. The van der Waals surface area contributed by atoms with Gasteiger partial charge in [-0.1, -0.05) is 27.2 Å². The maximum absolute atomic E-state index is 3.63. The summed E-state index contributed by atoms with van der Waals surface area (Å²) in [6.07, 6.45) is 6.80. The van der Waals surface area contributed by atoms with Crippen LogP contribution < -0.4 is 5.32 Å². The molecule has 1 unspecified atom stereocenters. The van der Waals surface area contributed by atoms with E-state index in [4.69, 9.17) is 0 Å². The lowest BCUT2D eigenvalue weighted by Crippen LogP contribution is -2.32. The Morgan fingerprint density at radius 1 is 1.33 bits per heavy atom. The molecule has 72 valence electrons. The van der Waals surface area contributed by atoms with Crippen molar-refractivity contribution < 1.29 is 0 Å². The second kappa shape index (κ2) is 4.27. The maximum atomic E-state index is 3.63. The van der Waals surface area contributed by atoms with Crippen LogP contribution in [0.5, 0.6) is 0 Å². The molecular formula is C11H23N. The van der Waals surface area contributed by atoms with Crippen LogP contribution in [0.3, 0.4) is 0 Å². The summed E-state index contributed by atoms with van der Waals surface area (Å²) >= 11 is 0. The number of hydrogen-bond acceptors (Lipinski definition) is 1. The van der Waals surface area contributed by atoms with Crippen molar-refractivity contribution in [3.63, 3.8) is 0 Å². The van der Waals surface area contributed by atoms with Gasteiger partial charge in [-0.2, -0.15) is 0 Å². The molecule has 0 bridgehead atoms. The summed E-state index contributed by atoms with van der Waals surface area (Å²) in [6, 6.07) is 0.868. The number of nitrogens with one attached hydrogen (secondary N) is 1. The van der Waals surface area contributed by atoms with Crippen molar-refractivity contribution in [3.05, 3.63) is 0 Å². The molecule has 0 spiro atoms. The molecule has 1 saturated carbocycles. The molecule has 0 radical (unpaired) electrons. The molecule has 1 aliphatic carbocycles. The standard InChI is InChI=1S/C11H23N/c1-4-8-11(3,5-2)9-12-10-6-7-10/h10,12H,4-9H2,1-3H3. The van der Waals surface area contributed by atoms with Crippen molar-refractivity contribution >= 4 is 0 Å². The molecule has 0 saturated heterocycles. The van der Waals surface area contributed by atoms with Gasteiger partial charge in [0, 0.05) is 12.6 Å². The zero-order valence-corrected chi connectivity index (χ0v) is 8.82. The summed E-state index contributed by atoms with van der Waals surface area (Å²) < 4.78 is 0. The van der Waals surface area contributed by atoms with Gasteiger partial charge in [0.05, 0.1) is 0 Å². The summed E-state index contributed by atoms with van der Waals surface area (Å²) in [5.41, 5.74) is 0.553. The molecule has 1 rings (SSSR count).